The number of nitrogens with zero attached hydrogens (tertiary/aromatic N) is 2. The number of benzene rings is 3. The molecule has 6 heteroatoms. The molecule has 3 aromatic carbocycles. The lowest BCUT2D eigenvalue weighted by molar-refractivity contribution is -0.116. The van der Waals surface area contributed by atoms with E-state index in [4.69, 9.17) is 23.8 Å². The largest absolute Gasteiger partial charge is 0.511 e. The van der Waals surface area contributed by atoms with Crippen molar-refractivity contribution in [3.8, 4) is 12.1 Å². The first kappa shape index (κ1) is 23.4. The number of carbonyl (C=O) groups excluding carboxylic acids is 1. The van der Waals surface area contributed by atoms with Crippen LogP contribution < -0.4 is 0 Å². The summed E-state index contributed by atoms with van der Waals surface area (Å²) in [6.07, 6.45) is 0. The molecule has 0 unspecified atom stereocenters. The van der Waals surface area contributed by atoms with Crippen molar-refractivity contribution in [3.63, 3.8) is 0 Å². The van der Waals surface area contributed by atoms with Crippen LogP contribution in [0, 0.1) is 28.6 Å². The van der Waals surface area contributed by atoms with Gasteiger partial charge < -0.3 is 5.11 Å². The molecule has 0 bridgehead atoms. The Hall–Kier alpha value is -3.77. The quantitative estimate of drug-likeness (QED) is 0.424. The van der Waals surface area contributed by atoms with Gasteiger partial charge in [-0.1, -0.05) is 96.6 Å². The zero-order valence-corrected chi connectivity index (χ0v) is 19.5. The fourth-order valence-electron chi connectivity index (χ4n) is 4.48. The van der Waals surface area contributed by atoms with Crippen LogP contribution in [-0.4, -0.2) is 15.8 Å². The number of aliphatic hydroxyl groups excluding tert-OH is 1. The van der Waals surface area contributed by atoms with Gasteiger partial charge in [0.1, 0.15) is 11.7 Å². The third-order valence-electron chi connectivity index (χ3n) is 6.06. The average Bonchev–Trinajstić information content (AvgIpc) is 2.86. The number of halogens is 1. The van der Waals surface area contributed by atoms with Gasteiger partial charge in [0.2, 0.25) is 0 Å². The molecule has 0 aliphatic heterocycles. The molecule has 0 heterocycles. The minimum Gasteiger partial charge on any atom is -0.511 e. The van der Waals surface area contributed by atoms with Crippen molar-refractivity contribution < 1.29 is 9.90 Å². The molecule has 1 N–H and O–H groups in total. The van der Waals surface area contributed by atoms with Crippen molar-refractivity contribution in [2.75, 3.05) is 0 Å². The highest BCUT2D eigenvalue weighted by Crippen LogP contribution is 2.46. The number of rotatable bonds is 5. The molecule has 1 aliphatic rings. The fourth-order valence-corrected chi connectivity index (χ4v) is 5.10. The lowest BCUT2D eigenvalue weighted by atomic mass is 9.68. The Morgan fingerprint density at radius 1 is 0.824 bits per heavy atom. The van der Waals surface area contributed by atoms with Gasteiger partial charge in [0.05, 0.1) is 24.0 Å². The number of aliphatic hydroxyl groups is 1. The Kier molecular flexibility index (Phi) is 6.89. The Bertz CT molecular complexity index is 1330. The van der Waals surface area contributed by atoms with Crippen molar-refractivity contribution in [2.24, 2.45) is 5.92 Å². The smallest absolute Gasteiger partial charge is 0.175 e. The van der Waals surface area contributed by atoms with E-state index in [-0.39, 0.29) is 11.3 Å². The van der Waals surface area contributed by atoms with Crippen molar-refractivity contribution in [1.82, 2.24) is 0 Å². The molecule has 0 saturated heterocycles. The van der Waals surface area contributed by atoms with Gasteiger partial charge in [0, 0.05) is 21.4 Å². The Morgan fingerprint density at radius 2 is 1.32 bits per heavy atom. The topological polar surface area (TPSA) is 84.9 Å². The monoisotopic (exact) mass is 482 g/mol. The highest BCUT2D eigenvalue weighted by atomic mass is 35.5. The van der Waals surface area contributed by atoms with Crippen molar-refractivity contribution in [2.45, 2.75) is 17.8 Å². The van der Waals surface area contributed by atoms with Gasteiger partial charge in [-0.3, -0.25) is 4.79 Å². The molecule has 4 rings (SSSR count). The molecule has 0 amide bonds. The highest BCUT2D eigenvalue weighted by molar-refractivity contribution is 7.80. The molecule has 3 atom stereocenters. The average molecular weight is 483 g/mol. The lowest BCUT2D eigenvalue weighted by Crippen LogP contribution is -2.37. The second-order valence-corrected chi connectivity index (χ2v) is 8.93. The van der Waals surface area contributed by atoms with Gasteiger partial charge in [0.15, 0.2) is 5.78 Å². The molecular formula is C28H19ClN2O2S. The fraction of sp³-hybridized carbons (Fsp3) is 0.143. The molecule has 34 heavy (non-hydrogen) atoms. The van der Waals surface area contributed by atoms with Crippen LogP contribution >= 0.6 is 23.8 Å². The van der Waals surface area contributed by atoms with Gasteiger partial charge >= 0.3 is 0 Å². The second kappa shape index (κ2) is 10.0. The van der Waals surface area contributed by atoms with Crippen LogP contribution in [0.3, 0.4) is 0 Å². The van der Waals surface area contributed by atoms with Gasteiger partial charge in [0.25, 0.3) is 0 Å². The van der Waals surface area contributed by atoms with Crippen LogP contribution in [0.15, 0.2) is 96.3 Å². The van der Waals surface area contributed by atoms with Crippen LogP contribution in [0.4, 0.5) is 0 Å². The number of nitriles is 2. The van der Waals surface area contributed by atoms with E-state index in [0.29, 0.717) is 21.0 Å². The molecular weight excluding hydrogens is 464 g/mol. The number of hydrogen-bond donors (Lipinski definition) is 1. The summed E-state index contributed by atoms with van der Waals surface area (Å²) in [7, 11) is 0. The number of hydrogen-bond acceptors (Lipinski definition) is 5. The molecule has 0 aromatic heterocycles. The molecule has 0 fully saturated rings. The molecule has 0 spiro atoms. The van der Waals surface area contributed by atoms with Gasteiger partial charge in [-0.15, -0.1) is 0 Å². The molecule has 4 nitrogen and oxygen atoms in total. The zero-order chi connectivity index (χ0) is 24.2. The van der Waals surface area contributed by atoms with E-state index in [1.165, 1.54) is 0 Å². The Morgan fingerprint density at radius 3 is 1.82 bits per heavy atom. The van der Waals surface area contributed by atoms with Crippen molar-refractivity contribution in [1.29, 1.82) is 10.5 Å². The van der Waals surface area contributed by atoms with Crippen molar-refractivity contribution >= 4 is 34.5 Å². The first-order valence-electron chi connectivity index (χ1n) is 10.6. The summed E-state index contributed by atoms with van der Waals surface area (Å²) in [5.41, 5.74) is 2.01. The van der Waals surface area contributed by atoms with E-state index in [1.807, 2.05) is 72.8 Å². The Balaban J connectivity index is 1.99. The zero-order valence-electron chi connectivity index (χ0n) is 17.9. The van der Waals surface area contributed by atoms with Crippen LogP contribution in [0.1, 0.15) is 34.4 Å². The van der Waals surface area contributed by atoms with E-state index in [2.05, 4.69) is 0 Å². The highest BCUT2D eigenvalue weighted by Gasteiger charge is 2.46. The van der Waals surface area contributed by atoms with Crippen LogP contribution in [-0.2, 0) is 4.79 Å². The first-order valence-corrected chi connectivity index (χ1v) is 11.4. The van der Waals surface area contributed by atoms with E-state index in [9.17, 15) is 20.4 Å². The first-order chi connectivity index (χ1) is 16.5. The maximum Gasteiger partial charge on any atom is 0.175 e. The predicted molar refractivity (Wildman–Crippen MR) is 135 cm³/mol. The number of thiocarbonyl (C=S) groups is 1. The molecule has 0 saturated carbocycles. The summed E-state index contributed by atoms with van der Waals surface area (Å²) >= 11 is 11.9. The SMILES string of the molecule is N#CC(C#N)[C@H](C1=C(O)[C@H](c2ccccc2)C(=S)[C@@H](c2ccccc2)C1=O)c1ccc(Cl)cc1. The maximum absolute atomic E-state index is 14.0. The number of allylic oxidation sites excluding steroid dienone is 2. The lowest BCUT2D eigenvalue weighted by Gasteiger charge is -2.35. The normalized spacial score (nSPS) is 18.9. The van der Waals surface area contributed by atoms with Gasteiger partial charge in [-0.25, -0.2) is 0 Å². The Labute approximate surface area is 208 Å². The molecule has 166 valence electrons. The summed E-state index contributed by atoms with van der Waals surface area (Å²) in [6.45, 7) is 0. The number of Topliss-reactive ketones (excluding diaryl/α,β-unsaturated/α-hetero) is 1. The summed E-state index contributed by atoms with van der Waals surface area (Å²) in [5, 5.41) is 31.6. The van der Waals surface area contributed by atoms with E-state index >= 15 is 0 Å². The van der Waals surface area contributed by atoms with Crippen LogP contribution in [0.5, 0.6) is 0 Å². The second-order valence-electron chi connectivity index (χ2n) is 8.02. The summed E-state index contributed by atoms with van der Waals surface area (Å²) in [5.74, 6) is -4.34. The third-order valence-corrected chi connectivity index (χ3v) is 6.79. The van der Waals surface area contributed by atoms with Crippen LogP contribution in [0.2, 0.25) is 5.02 Å². The minimum absolute atomic E-state index is 0.0340. The standard InChI is InChI=1S/C28H19ClN2O2S/c29-21-13-11-19(12-14-21)22(20(15-30)16-31)25-26(32)23(17-7-3-1-4-8-17)28(34)24(27(25)33)18-9-5-2-6-10-18/h1-14,20,22-24,32H/t22-,23+,24+/m1/s1. The van der Waals surface area contributed by atoms with E-state index < -0.39 is 29.5 Å². The van der Waals surface area contributed by atoms with Crippen LogP contribution in [0.25, 0.3) is 0 Å². The van der Waals surface area contributed by atoms with E-state index in [1.54, 1.807) is 24.3 Å². The minimum atomic E-state index is -1.21. The van der Waals surface area contributed by atoms with Gasteiger partial charge in [-0.2, -0.15) is 10.5 Å². The summed E-state index contributed by atoms with van der Waals surface area (Å²) < 4.78 is 0. The molecule has 3 aromatic rings. The van der Waals surface area contributed by atoms with Crippen molar-refractivity contribution in [3.05, 3.63) is 118 Å². The maximum atomic E-state index is 14.0. The summed E-state index contributed by atoms with van der Waals surface area (Å²) in [4.78, 5) is 14.4. The number of ketones is 1. The molecule has 0 radical (unpaired) electrons. The van der Waals surface area contributed by atoms with E-state index in [0.717, 1.165) is 5.56 Å². The molecule has 1 aliphatic carbocycles. The number of carbonyl (C=O) groups is 1. The summed E-state index contributed by atoms with van der Waals surface area (Å²) in [6, 6.07) is 28.9. The third kappa shape index (κ3) is 4.24. The van der Waals surface area contributed by atoms with Gasteiger partial charge in [-0.05, 0) is 28.8 Å². The predicted octanol–water partition coefficient (Wildman–Crippen LogP) is 6.42.